The van der Waals surface area contributed by atoms with Crippen LogP contribution in [0.3, 0.4) is 0 Å². The van der Waals surface area contributed by atoms with Crippen LogP contribution in [0.5, 0.6) is 5.75 Å². The summed E-state index contributed by atoms with van der Waals surface area (Å²) in [6.07, 6.45) is 1.76. The van der Waals surface area contributed by atoms with Crippen LogP contribution in [0, 0.1) is 0 Å². The highest BCUT2D eigenvalue weighted by Crippen LogP contribution is 2.34. The molecule has 1 saturated heterocycles. The first-order valence-electron chi connectivity index (χ1n) is 9.34. The highest BCUT2D eigenvalue weighted by atomic mass is 32.2. The Morgan fingerprint density at radius 2 is 1.81 bits per heavy atom. The number of carbonyl (C=O) groups is 3. The van der Waals surface area contributed by atoms with Gasteiger partial charge in [-0.3, -0.25) is 9.69 Å². The van der Waals surface area contributed by atoms with Crippen LogP contribution in [0.1, 0.15) is 22.8 Å². The largest absolute Gasteiger partial charge is 0.482 e. The van der Waals surface area contributed by atoms with E-state index < -0.39 is 11.9 Å². The van der Waals surface area contributed by atoms with Crippen LogP contribution < -0.4 is 4.74 Å². The molecular formula is C22H20N2O6S. The normalized spacial score (nSPS) is 16.1. The van der Waals surface area contributed by atoms with E-state index in [2.05, 4.69) is 9.73 Å². The fraction of sp³-hybridized carbons (Fsp3) is 0.182. The van der Waals surface area contributed by atoms with Gasteiger partial charge in [-0.2, -0.15) is 0 Å². The van der Waals surface area contributed by atoms with E-state index in [9.17, 15) is 14.4 Å². The number of amides is 1. The summed E-state index contributed by atoms with van der Waals surface area (Å²) >= 11 is 1.25. The SMILES string of the molecule is CCN1C(=O)/C(=C\c2ccc(OCC(=O)OC)cc2)SC1=Nc1ccc(C(=O)O)cc1. The number of carbonyl (C=O) groups excluding carboxylic acids is 2. The van der Waals surface area contributed by atoms with Crippen molar-refractivity contribution < 1.29 is 29.0 Å². The molecule has 0 atom stereocenters. The van der Waals surface area contributed by atoms with E-state index in [0.29, 0.717) is 28.1 Å². The predicted molar refractivity (Wildman–Crippen MR) is 117 cm³/mol. The van der Waals surface area contributed by atoms with Crippen molar-refractivity contribution in [2.24, 2.45) is 4.99 Å². The molecule has 1 fully saturated rings. The second-order valence-corrected chi connectivity index (χ2v) is 7.35. The van der Waals surface area contributed by atoms with Crippen molar-refractivity contribution in [3.63, 3.8) is 0 Å². The maximum atomic E-state index is 12.8. The van der Waals surface area contributed by atoms with Gasteiger partial charge in [0.15, 0.2) is 11.8 Å². The van der Waals surface area contributed by atoms with Gasteiger partial charge < -0.3 is 14.6 Å². The van der Waals surface area contributed by atoms with Crippen molar-refractivity contribution >= 4 is 46.5 Å². The highest BCUT2D eigenvalue weighted by Gasteiger charge is 2.32. The number of aromatic carboxylic acids is 1. The molecule has 31 heavy (non-hydrogen) atoms. The molecule has 1 N–H and O–H groups in total. The van der Waals surface area contributed by atoms with Crippen LogP contribution in [0.2, 0.25) is 0 Å². The minimum Gasteiger partial charge on any atom is -0.482 e. The number of carboxylic acids is 1. The first kappa shape index (κ1) is 22.1. The third-order valence-corrected chi connectivity index (χ3v) is 5.31. The third kappa shape index (κ3) is 5.52. The minimum absolute atomic E-state index is 0.153. The molecular weight excluding hydrogens is 420 g/mol. The van der Waals surface area contributed by atoms with Gasteiger partial charge in [-0.15, -0.1) is 0 Å². The number of likely N-dealkylation sites (N-methyl/N-ethyl adjacent to an activating group) is 1. The molecule has 0 radical (unpaired) electrons. The molecule has 1 aliphatic heterocycles. The molecule has 0 unspecified atom stereocenters. The lowest BCUT2D eigenvalue weighted by molar-refractivity contribution is -0.142. The molecule has 8 nitrogen and oxygen atoms in total. The van der Waals surface area contributed by atoms with Crippen LogP contribution in [-0.4, -0.2) is 53.3 Å². The number of nitrogens with zero attached hydrogens (tertiary/aromatic N) is 2. The average molecular weight is 440 g/mol. The molecule has 2 aromatic carbocycles. The standard InChI is InChI=1S/C22H20N2O6S/c1-3-24-20(26)18(12-14-4-10-17(11-5-14)30-13-19(25)29-2)31-22(24)23-16-8-6-15(7-9-16)21(27)28/h4-12H,3,13H2,1-2H3,(H,27,28)/b18-12+,23-22?. The fourth-order valence-electron chi connectivity index (χ4n) is 2.67. The number of hydrogen-bond acceptors (Lipinski definition) is 7. The molecule has 1 amide bonds. The lowest BCUT2D eigenvalue weighted by Crippen LogP contribution is -2.28. The lowest BCUT2D eigenvalue weighted by atomic mass is 10.2. The van der Waals surface area contributed by atoms with Crippen molar-refractivity contribution in [1.29, 1.82) is 0 Å². The molecule has 1 heterocycles. The summed E-state index contributed by atoms with van der Waals surface area (Å²) in [6, 6.07) is 13.1. The number of esters is 1. The molecule has 160 valence electrons. The van der Waals surface area contributed by atoms with Crippen molar-refractivity contribution in [1.82, 2.24) is 4.90 Å². The smallest absolute Gasteiger partial charge is 0.343 e. The molecule has 0 aromatic heterocycles. The molecule has 9 heteroatoms. The Balaban J connectivity index is 1.76. The zero-order valence-electron chi connectivity index (χ0n) is 16.9. The van der Waals surface area contributed by atoms with Crippen molar-refractivity contribution in [3.05, 3.63) is 64.6 Å². The first-order chi connectivity index (χ1) is 14.9. The number of amidine groups is 1. The summed E-state index contributed by atoms with van der Waals surface area (Å²) in [5.41, 5.74) is 1.53. The van der Waals surface area contributed by atoms with Crippen LogP contribution >= 0.6 is 11.8 Å². The van der Waals surface area contributed by atoms with Crippen molar-refractivity contribution in [2.75, 3.05) is 20.3 Å². The Morgan fingerprint density at radius 3 is 2.39 bits per heavy atom. The third-order valence-electron chi connectivity index (χ3n) is 4.31. The van der Waals surface area contributed by atoms with Crippen molar-refractivity contribution in [2.45, 2.75) is 6.92 Å². The quantitative estimate of drug-likeness (QED) is 0.518. The van der Waals surface area contributed by atoms with Gasteiger partial charge in [0.1, 0.15) is 5.75 Å². The van der Waals surface area contributed by atoms with E-state index in [-0.39, 0.29) is 18.1 Å². The zero-order valence-corrected chi connectivity index (χ0v) is 17.7. The van der Waals surface area contributed by atoms with Gasteiger partial charge >= 0.3 is 11.9 Å². The summed E-state index contributed by atoms with van der Waals surface area (Å²) in [5.74, 6) is -1.12. The van der Waals surface area contributed by atoms with Crippen LogP contribution in [0.25, 0.3) is 6.08 Å². The van der Waals surface area contributed by atoms with Gasteiger partial charge in [0.2, 0.25) is 0 Å². The summed E-state index contributed by atoms with van der Waals surface area (Å²) in [5, 5.41) is 9.53. The average Bonchev–Trinajstić information content (AvgIpc) is 3.07. The topological polar surface area (TPSA) is 106 Å². The maximum Gasteiger partial charge on any atom is 0.343 e. The number of carboxylic acid groups (broad SMARTS) is 1. The zero-order chi connectivity index (χ0) is 22.4. The van der Waals surface area contributed by atoms with Gasteiger partial charge in [-0.05, 0) is 66.7 Å². The Kier molecular flexibility index (Phi) is 7.09. The molecule has 0 spiro atoms. The van der Waals surface area contributed by atoms with Gasteiger partial charge in [0, 0.05) is 6.54 Å². The number of aliphatic imine (C=N–C) groups is 1. The van der Waals surface area contributed by atoms with Gasteiger partial charge in [-0.1, -0.05) is 12.1 Å². The van der Waals surface area contributed by atoms with Crippen LogP contribution in [-0.2, 0) is 14.3 Å². The number of benzene rings is 2. The van der Waals surface area contributed by atoms with Gasteiger partial charge in [-0.25, -0.2) is 14.6 Å². The molecule has 0 aliphatic carbocycles. The van der Waals surface area contributed by atoms with E-state index in [0.717, 1.165) is 5.56 Å². The number of hydrogen-bond donors (Lipinski definition) is 1. The maximum absolute atomic E-state index is 12.8. The molecule has 3 rings (SSSR count). The summed E-state index contributed by atoms with van der Waals surface area (Å²) in [6.45, 7) is 2.14. The number of ether oxygens (including phenoxy) is 2. The first-order valence-corrected chi connectivity index (χ1v) is 10.2. The van der Waals surface area contributed by atoms with E-state index >= 15 is 0 Å². The fourth-order valence-corrected chi connectivity index (χ4v) is 3.73. The summed E-state index contributed by atoms with van der Waals surface area (Å²) in [4.78, 5) is 41.5. The number of thioether (sulfide) groups is 1. The van der Waals surface area contributed by atoms with Gasteiger partial charge in [0.25, 0.3) is 5.91 Å². The van der Waals surface area contributed by atoms with Crippen molar-refractivity contribution in [3.8, 4) is 5.75 Å². The Bertz CT molecular complexity index is 1040. The Morgan fingerprint density at radius 1 is 1.13 bits per heavy atom. The van der Waals surface area contributed by atoms with E-state index in [1.807, 2.05) is 6.92 Å². The predicted octanol–water partition coefficient (Wildman–Crippen LogP) is 3.56. The van der Waals surface area contributed by atoms with Gasteiger partial charge in [0.05, 0.1) is 23.3 Å². The molecule has 0 bridgehead atoms. The summed E-state index contributed by atoms with van der Waals surface area (Å²) in [7, 11) is 1.29. The number of rotatable bonds is 7. The summed E-state index contributed by atoms with van der Waals surface area (Å²) < 4.78 is 9.84. The molecule has 2 aromatic rings. The van der Waals surface area contributed by atoms with E-state index in [1.165, 1.54) is 31.0 Å². The molecule has 0 saturated carbocycles. The Hall–Kier alpha value is -3.59. The highest BCUT2D eigenvalue weighted by molar-refractivity contribution is 8.18. The molecule has 1 aliphatic rings. The monoisotopic (exact) mass is 440 g/mol. The van der Waals surface area contributed by atoms with E-state index in [4.69, 9.17) is 9.84 Å². The minimum atomic E-state index is -1.01. The van der Waals surface area contributed by atoms with Crippen LogP contribution in [0.4, 0.5) is 5.69 Å². The second kappa shape index (κ2) is 9.94. The Labute approximate surface area is 183 Å². The van der Waals surface area contributed by atoms with Crippen LogP contribution in [0.15, 0.2) is 58.4 Å². The second-order valence-electron chi connectivity index (χ2n) is 6.34. The lowest BCUT2D eigenvalue weighted by Gasteiger charge is -2.12. The number of methoxy groups -OCH3 is 1. The van der Waals surface area contributed by atoms with E-state index in [1.54, 1.807) is 47.4 Å².